The van der Waals surface area contributed by atoms with E-state index >= 15 is 4.39 Å². The zero-order valence-corrected chi connectivity index (χ0v) is 60.7. The van der Waals surface area contributed by atoms with E-state index in [0.717, 1.165) is 51.6 Å². The van der Waals surface area contributed by atoms with Crippen LogP contribution in [0.3, 0.4) is 0 Å². The van der Waals surface area contributed by atoms with Crippen LogP contribution in [0, 0.1) is 18.7 Å². The smallest absolute Gasteiger partial charge is 0.410 e. The topological polar surface area (TPSA) is 250 Å². The lowest BCUT2D eigenvalue weighted by Crippen LogP contribution is -2.50. The second kappa shape index (κ2) is 29.0. The molecule has 5 aliphatic rings. The number of aromatic nitrogens is 9. The van der Waals surface area contributed by atoms with Crippen molar-refractivity contribution in [1.29, 1.82) is 0 Å². The number of amides is 3. The van der Waals surface area contributed by atoms with Crippen molar-refractivity contribution in [1.82, 2.24) is 59.8 Å². The summed E-state index contributed by atoms with van der Waals surface area (Å²) in [5.74, 6) is -0.537. The fraction of sp³-hybridized carbons (Fsp3) is 0.357. The lowest BCUT2D eigenvalue weighted by molar-refractivity contribution is -0.142. The predicted octanol–water partition coefficient (Wildman–Crippen LogP) is 12.9. The second-order valence-corrected chi connectivity index (χ2v) is 30.2. The highest BCUT2D eigenvalue weighted by molar-refractivity contribution is 6.06. The molecule has 0 spiro atoms. The Morgan fingerprint density at radius 1 is 0.738 bits per heavy atom. The number of benzene rings is 7. The van der Waals surface area contributed by atoms with Crippen LogP contribution < -0.4 is 19.7 Å². The molecule has 7 aromatic carbocycles. The quantitative estimate of drug-likeness (QED) is 0.0566. The molecular formula is C84H86FN13O9. The lowest BCUT2D eigenvalue weighted by atomic mass is 9.77. The largest absolute Gasteiger partial charge is 0.486 e. The molecular weight excluding hydrogens is 1350 g/mol. The van der Waals surface area contributed by atoms with Crippen LogP contribution in [0.2, 0.25) is 0 Å². The van der Waals surface area contributed by atoms with E-state index in [1.54, 1.807) is 36.9 Å². The monoisotopic (exact) mass is 1440 g/mol. The first-order chi connectivity index (χ1) is 51.9. The Kier molecular flexibility index (Phi) is 19.1. The van der Waals surface area contributed by atoms with E-state index in [1.807, 2.05) is 142 Å². The minimum atomic E-state index is -1.03. The van der Waals surface area contributed by atoms with Gasteiger partial charge in [0, 0.05) is 96.6 Å². The number of aliphatic hydroxyl groups excluding tert-OH is 2. The van der Waals surface area contributed by atoms with Crippen molar-refractivity contribution in [2.75, 3.05) is 44.4 Å². The molecule has 6 atom stereocenters. The van der Waals surface area contributed by atoms with Gasteiger partial charge in [-0.25, -0.2) is 13.9 Å². The molecule has 2 bridgehead atoms. The van der Waals surface area contributed by atoms with Gasteiger partial charge < -0.3 is 49.2 Å². The van der Waals surface area contributed by atoms with Gasteiger partial charge in [0.2, 0.25) is 11.8 Å². The number of aliphatic hydroxyl groups is 2. The minimum Gasteiger partial charge on any atom is -0.486 e. The second-order valence-electron chi connectivity index (χ2n) is 30.2. The molecule has 23 heteroatoms. The molecule has 5 fully saturated rings. The first-order valence-electron chi connectivity index (χ1n) is 37.0. The Hall–Kier alpha value is -11.0. The summed E-state index contributed by atoms with van der Waals surface area (Å²) in [6.45, 7) is 12.8. The van der Waals surface area contributed by atoms with Crippen LogP contribution in [0.25, 0.3) is 55.4 Å². The Morgan fingerprint density at radius 2 is 1.41 bits per heavy atom. The Morgan fingerprint density at radius 3 is 2.03 bits per heavy atom. The standard InChI is InChI=1S/C84H86FN13O9/c1-50(2)76(80(102)96-45-62(100)39-72(96)79(101)88-71(48-99)56-30-28-54(29-31-56)69-42-86-34-35-87-69)97-47-70(91-93-97)55-24-22-52(23-25-55)49-105-77-74(73-51(3)67(85)41-68-66(73)46-98(92-68)84(57-16-10-7-11-17-57,58-18-12-8-13-19-58)59-20-14-9-15-21-59)64(53-26-27-53)40-65-75(77)89-81(106-63-32-36-104-37-33-63)90-78(65)94-43-61-38-60(94)44-95(61)82(103)107-83(4,5)6/h7-25,28-31,34-35,40-42,46-47,50,53,60-63,71-72,76,99-100H,26-27,32-33,36-39,43-45,48-49H2,1-6H3,(H,88,101)/t60-,61-,62+,71-,72-,76-/m0/s1. The third-order valence-electron chi connectivity index (χ3n) is 21.6. The summed E-state index contributed by atoms with van der Waals surface area (Å²) < 4.78 is 47.3. The normalized spacial score (nSPS) is 18.9. The SMILES string of the molecule is Cc1c(F)cc2nn(C(c3ccccc3)(c3ccccc3)c3ccccc3)cc2c1-c1c(C2CC2)cc2c(N3C[C@@H]4C[C@H]3CN4C(=O)OC(C)(C)C)nc(OC3CCOCC3)nc2c1OCc1ccc(-c2cn([C@H](C(=O)N3C[C@H](O)C[C@H]3C(=O)N[C@@H](CO)c3ccc(-c4cnccn4)cc3)C(C)C)nn2)cc1. The summed E-state index contributed by atoms with van der Waals surface area (Å²) in [5, 5.41) is 40.6. The van der Waals surface area contributed by atoms with Crippen LogP contribution in [0.1, 0.15) is 130 Å². The van der Waals surface area contributed by atoms with Crippen molar-refractivity contribution >= 4 is 45.5 Å². The van der Waals surface area contributed by atoms with Gasteiger partial charge in [-0.15, -0.1) is 5.10 Å². The molecule has 107 heavy (non-hydrogen) atoms. The van der Waals surface area contributed by atoms with Gasteiger partial charge in [0.25, 0.3) is 0 Å². The van der Waals surface area contributed by atoms with Crippen LogP contribution >= 0.6 is 0 Å². The van der Waals surface area contributed by atoms with Crippen LogP contribution in [0.5, 0.6) is 11.8 Å². The molecule has 4 aliphatic heterocycles. The first-order valence-corrected chi connectivity index (χ1v) is 37.0. The Labute approximate surface area is 619 Å². The van der Waals surface area contributed by atoms with E-state index in [1.165, 1.54) is 15.6 Å². The van der Waals surface area contributed by atoms with Crippen molar-refractivity contribution in [2.24, 2.45) is 5.92 Å². The first kappa shape index (κ1) is 70.3. The van der Waals surface area contributed by atoms with Crippen molar-refractivity contribution < 1.29 is 47.9 Å². The van der Waals surface area contributed by atoms with E-state index in [0.29, 0.717) is 113 Å². The molecule has 1 aliphatic carbocycles. The van der Waals surface area contributed by atoms with Gasteiger partial charge >= 0.3 is 12.1 Å². The van der Waals surface area contributed by atoms with Crippen LogP contribution in [0.15, 0.2) is 183 Å². The molecule has 11 aromatic rings. The summed E-state index contributed by atoms with van der Waals surface area (Å²) in [7, 11) is 0. The zero-order valence-electron chi connectivity index (χ0n) is 60.7. The fourth-order valence-corrected chi connectivity index (χ4v) is 16.2. The third-order valence-corrected chi connectivity index (χ3v) is 21.6. The predicted molar refractivity (Wildman–Crippen MR) is 402 cm³/mol. The molecule has 22 nitrogen and oxygen atoms in total. The highest BCUT2D eigenvalue weighted by atomic mass is 19.1. The zero-order chi connectivity index (χ0) is 73.8. The number of nitrogens with zero attached hydrogens (tertiary/aromatic N) is 12. The average molecular weight is 1440 g/mol. The number of nitrogens with one attached hydrogen (secondary N) is 1. The van der Waals surface area contributed by atoms with Crippen molar-refractivity contribution in [3.8, 4) is 45.4 Å². The van der Waals surface area contributed by atoms with E-state index in [4.69, 9.17) is 34.0 Å². The van der Waals surface area contributed by atoms with Gasteiger partial charge in [-0.1, -0.05) is 159 Å². The molecule has 0 unspecified atom stereocenters. The summed E-state index contributed by atoms with van der Waals surface area (Å²) in [4.78, 5) is 67.7. The molecule has 8 heterocycles. The van der Waals surface area contributed by atoms with Crippen molar-refractivity contribution in [2.45, 2.75) is 146 Å². The van der Waals surface area contributed by atoms with Crippen LogP contribution in [-0.4, -0.2) is 158 Å². The number of fused-ring (bicyclic) bond motifs is 4. The molecule has 1 saturated carbocycles. The molecule has 4 aromatic heterocycles. The molecule has 548 valence electrons. The summed E-state index contributed by atoms with van der Waals surface area (Å²) in [6.07, 6.45) is 10.8. The summed E-state index contributed by atoms with van der Waals surface area (Å²) >= 11 is 0. The highest BCUT2D eigenvalue weighted by Gasteiger charge is 2.49. The third kappa shape index (κ3) is 13.7. The van der Waals surface area contributed by atoms with E-state index in [2.05, 4.69) is 79.2 Å². The van der Waals surface area contributed by atoms with Crippen LogP contribution in [-0.2, 0) is 31.2 Å². The van der Waals surface area contributed by atoms with Gasteiger partial charge in [0.1, 0.15) is 58.8 Å². The van der Waals surface area contributed by atoms with Gasteiger partial charge in [-0.05, 0) is 104 Å². The van der Waals surface area contributed by atoms with E-state index < -0.39 is 59.6 Å². The number of carbonyl (C=O) groups excluding carboxylic acids is 3. The maximum Gasteiger partial charge on any atom is 0.410 e. The number of anilines is 1. The number of carbonyl (C=O) groups is 3. The van der Waals surface area contributed by atoms with E-state index in [9.17, 15) is 24.6 Å². The summed E-state index contributed by atoms with van der Waals surface area (Å²) in [5.41, 5.74) is 8.89. The molecule has 3 N–H and O–H groups in total. The fourth-order valence-electron chi connectivity index (χ4n) is 16.2. The number of β-amino-alcohol motifs (C(OH)–C–C–N with tert-alkyl or cyclic N) is 1. The number of piperazine rings is 1. The number of likely N-dealkylation sites (tertiary alicyclic amines) is 2. The highest BCUT2D eigenvalue weighted by Crippen LogP contribution is 2.55. The number of ether oxygens (including phenoxy) is 4. The minimum absolute atomic E-state index is 0.00629. The van der Waals surface area contributed by atoms with Gasteiger partial charge in [-0.2, -0.15) is 15.1 Å². The molecule has 4 saturated heterocycles. The Bertz CT molecular complexity index is 4980. The number of hydrogen-bond acceptors (Lipinski definition) is 17. The average Bonchev–Trinajstić information content (AvgIpc) is 1.64. The van der Waals surface area contributed by atoms with Gasteiger partial charge in [0.15, 0.2) is 5.75 Å². The number of hydrogen-bond donors (Lipinski definition) is 3. The molecule has 3 amide bonds. The van der Waals surface area contributed by atoms with Crippen molar-refractivity contribution in [3.63, 3.8) is 0 Å². The maximum atomic E-state index is 17.7. The van der Waals surface area contributed by atoms with Gasteiger partial charge in [-0.3, -0.25) is 24.2 Å². The van der Waals surface area contributed by atoms with E-state index in [-0.39, 0.29) is 61.7 Å². The number of rotatable bonds is 21. The van der Waals surface area contributed by atoms with Crippen LogP contribution in [0.4, 0.5) is 15.0 Å². The van der Waals surface area contributed by atoms with Gasteiger partial charge in [0.05, 0.1) is 67.7 Å². The molecule has 16 rings (SSSR count). The molecule has 0 radical (unpaired) electrons. The Balaban J connectivity index is 0.769. The lowest BCUT2D eigenvalue weighted by Gasteiger charge is -2.36. The summed E-state index contributed by atoms with van der Waals surface area (Å²) in [6, 6.07) is 46.9. The number of halogens is 1. The maximum absolute atomic E-state index is 17.7. The van der Waals surface area contributed by atoms with Crippen molar-refractivity contribution in [3.05, 3.63) is 227 Å².